The Morgan fingerprint density at radius 3 is 1.62 bits per heavy atom. The van der Waals surface area contributed by atoms with Gasteiger partial charge in [-0.3, -0.25) is 9.13 Å². The molecule has 0 atom stereocenters. The van der Waals surface area contributed by atoms with Gasteiger partial charge in [-0.2, -0.15) is 4.98 Å². The van der Waals surface area contributed by atoms with E-state index in [0.29, 0.717) is 5.95 Å². The quantitative estimate of drug-likeness (QED) is 0.183. The summed E-state index contributed by atoms with van der Waals surface area (Å²) in [5.74, 6) is 1.52. The lowest BCUT2D eigenvalue weighted by molar-refractivity contribution is 0.974. The van der Waals surface area contributed by atoms with E-state index in [1.165, 1.54) is 70.4 Å². The van der Waals surface area contributed by atoms with Crippen molar-refractivity contribution in [3.8, 4) is 11.8 Å². The van der Waals surface area contributed by atoms with E-state index in [9.17, 15) is 0 Å². The van der Waals surface area contributed by atoms with E-state index in [4.69, 9.17) is 9.97 Å². The molecule has 5 aromatic heterocycles. The van der Waals surface area contributed by atoms with Crippen molar-refractivity contribution in [2.75, 3.05) is 0 Å². The monoisotopic (exact) mass is 673 g/mol. The van der Waals surface area contributed by atoms with E-state index >= 15 is 0 Å². The molecule has 5 heteroatoms. The van der Waals surface area contributed by atoms with Crippen LogP contribution >= 0.6 is 0 Å². The second kappa shape index (κ2) is 9.75. The molecule has 0 fully saturated rings. The van der Waals surface area contributed by atoms with Crippen molar-refractivity contribution >= 4 is 103 Å². The van der Waals surface area contributed by atoms with Gasteiger partial charge in [-0.25, -0.2) is 4.98 Å². The van der Waals surface area contributed by atoms with Gasteiger partial charge < -0.3 is 4.40 Å². The normalized spacial score (nSPS) is 12.5. The molecule has 0 saturated carbocycles. The van der Waals surface area contributed by atoms with Crippen LogP contribution in [0.4, 0.5) is 0 Å². The predicted octanol–water partition coefficient (Wildman–Crippen LogP) is 12.1. The molecule has 0 aliphatic rings. The molecule has 0 aliphatic carbocycles. The summed E-state index contributed by atoms with van der Waals surface area (Å²) < 4.78 is 7.17. The summed E-state index contributed by atoms with van der Waals surface area (Å²) in [7, 11) is 0. The third kappa shape index (κ3) is 3.37. The van der Waals surface area contributed by atoms with Crippen LogP contribution in [0.5, 0.6) is 0 Å². The van der Waals surface area contributed by atoms with Gasteiger partial charge in [0, 0.05) is 53.9 Å². The minimum absolute atomic E-state index is 0.651. The molecule has 0 radical (unpaired) electrons. The zero-order chi connectivity index (χ0) is 34.4. The van der Waals surface area contributed by atoms with E-state index in [1.807, 2.05) is 0 Å². The van der Waals surface area contributed by atoms with Crippen molar-refractivity contribution in [3.05, 3.63) is 164 Å². The van der Waals surface area contributed by atoms with E-state index in [1.54, 1.807) is 0 Å². The lowest BCUT2D eigenvalue weighted by Crippen LogP contribution is -2.07. The fraction of sp³-hybridized carbons (Fsp3) is 0. The molecule has 0 amide bonds. The summed E-state index contributed by atoms with van der Waals surface area (Å²) in [5.41, 5.74) is 9.06. The van der Waals surface area contributed by atoms with E-state index in [0.717, 1.165) is 38.8 Å². The van der Waals surface area contributed by atoms with E-state index in [2.05, 4.69) is 177 Å². The molecule has 0 N–H and O–H groups in total. The van der Waals surface area contributed by atoms with Crippen molar-refractivity contribution in [3.63, 3.8) is 0 Å². The minimum Gasteiger partial charge on any atom is -0.308 e. The molecule has 53 heavy (non-hydrogen) atoms. The van der Waals surface area contributed by atoms with Crippen LogP contribution < -0.4 is 0 Å². The molecule has 5 heterocycles. The zero-order valence-corrected chi connectivity index (χ0v) is 28.3. The highest BCUT2D eigenvalue weighted by molar-refractivity contribution is 6.35. The highest BCUT2D eigenvalue weighted by Crippen LogP contribution is 2.48. The molecule has 0 spiro atoms. The average Bonchev–Trinajstić information content (AvgIpc) is 3.94. The summed E-state index contributed by atoms with van der Waals surface area (Å²) in [5, 5.41) is 13.2. The minimum atomic E-state index is 0.651. The first-order valence-corrected chi connectivity index (χ1v) is 18.1. The molecule has 13 aromatic rings. The Morgan fingerprint density at radius 1 is 0.340 bits per heavy atom. The van der Waals surface area contributed by atoms with Crippen LogP contribution in [0.2, 0.25) is 0 Å². The van der Waals surface area contributed by atoms with Gasteiger partial charge in [0.1, 0.15) is 0 Å². The topological polar surface area (TPSA) is 40.0 Å². The number of rotatable bonds is 2. The number of benzene rings is 8. The number of para-hydroxylation sites is 5. The fourth-order valence-corrected chi connectivity index (χ4v) is 9.43. The molecule has 244 valence electrons. The molecule has 0 aliphatic heterocycles. The average molecular weight is 674 g/mol. The highest BCUT2D eigenvalue weighted by atomic mass is 15.2. The summed E-state index contributed by atoms with van der Waals surface area (Å²) >= 11 is 0. The van der Waals surface area contributed by atoms with Gasteiger partial charge in [-0.05, 0) is 47.9 Å². The van der Waals surface area contributed by atoms with Crippen molar-refractivity contribution in [1.82, 2.24) is 23.5 Å². The predicted molar refractivity (Wildman–Crippen MR) is 220 cm³/mol. The van der Waals surface area contributed by atoms with Gasteiger partial charge in [-0.1, -0.05) is 121 Å². The van der Waals surface area contributed by atoms with Gasteiger partial charge in [0.05, 0.1) is 44.1 Å². The molecule has 13 rings (SSSR count). The Bertz CT molecular complexity index is 3640. The SMILES string of the molecule is c1ccc2c(c1)ccc1c3cc4c5ccccc5n5c6ccccc6c(c3n(-c3nc(-n6c7ccccc7c7ccccc76)nc6ccccc36)c21)c45. The molecule has 8 aromatic carbocycles. The Kier molecular flexibility index (Phi) is 5.06. The Morgan fingerprint density at radius 2 is 0.887 bits per heavy atom. The van der Waals surface area contributed by atoms with Gasteiger partial charge in [-0.15, -0.1) is 0 Å². The number of aromatic nitrogens is 5. The van der Waals surface area contributed by atoms with Crippen molar-refractivity contribution < 1.29 is 0 Å². The van der Waals surface area contributed by atoms with Crippen LogP contribution in [0, 0.1) is 0 Å². The summed E-state index contributed by atoms with van der Waals surface area (Å²) in [6.45, 7) is 0. The molecule has 0 saturated heterocycles. The van der Waals surface area contributed by atoms with Gasteiger partial charge in [0.15, 0.2) is 5.82 Å². The standard InChI is InChI=1S/C48H27N5/c1-2-14-29-28(13-1)25-26-33-37-27-36-32-17-6-9-21-39(32)51-42-24-12-7-19-35(42)43(45(36)51)46(37)53(44(29)33)47-34-18-3-8-20-38(34)49-48(50-47)52-40-22-10-4-15-30(40)31-16-5-11-23-41(31)52/h1-27H. The van der Waals surface area contributed by atoms with Crippen LogP contribution in [0.15, 0.2) is 164 Å². The van der Waals surface area contributed by atoms with E-state index < -0.39 is 0 Å². The highest BCUT2D eigenvalue weighted by Gasteiger charge is 2.27. The summed E-state index contributed by atoms with van der Waals surface area (Å²) in [6, 6.07) is 59.1. The van der Waals surface area contributed by atoms with Crippen LogP contribution in [-0.4, -0.2) is 23.5 Å². The van der Waals surface area contributed by atoms with Crippen molar-refractivity contribution in [1.29, 1.82) is 0 Å². The second-order valence-corrected chi connectivity index (χ2v) is 14.2. The lowest BCUT2D eigenvalue weighted by atomic mass is 10.0. The molecule has 0 unspecified atom stereocenters. The summed E-state index contributed by atoms with van der Waals surface area (Å²) in [4.78, 5) is 11.0. The summed E-state index contributed by atoms with van der Waals surface area (Å²) in [6.07, 6.45) is 0. The first-order chi connectivity index (χ1) is 26.3. The molecular formula is C48H27N5. The number of nitrogens with zero attached hydrogens (tertiary/aromatic N) is 5. The number of hydrogen-bond donors (Lipinski definition) is 0. The third-order valence-electron chi connectivity index (χ3n) is 11.5. The number of hydrogen-bond acceptors (Lipinski definition) is 2. The maximum absolute atomic E-state index is 5.67. The van der Waals surface area contributed by atoms with Crippen LogP contribution in [0.3, 0.4) is 0 Å². The van der Waals surface area contributed by atoms with Gasteiger partial charge in [0.2, 0.25) is 5.95 Å². The molecule has 0 bridgehead atoms. The van der Waals surface area contributed by atoms with Crippen molar-refractivity contribution in [2.24, 2.45) is 0 Å². The number of fused-ring (bicyclic) bond motifs is 16. The smallest absolute Gasteiger partial charge is 0.237 e. The fourth-order valence-electron chi connectivity index (χ4n) is 9.43. The third-order valence-corrected chi connectivity index (χ3v) is 11.5. The first-order valence-electron chi connectivity index (χ1n) is 18.1. The van der Waals surface area contributed by atoms with Crippen LogP contribution in [0.1, 0.15) is 0 Å². The lowest BCUT2D eigenvalue weighted by Gasteiger charge is -2.15. The van der Waals surface area contributed by atoms with Gasteiger partial charge in [0.25, 0.3) is 0 Å². The van der Waals surface area contributed by atoms with Crippen molar-refractivity contribution in [2.45, 2.75) is 0 Å². The molecule has 5 nitrogen and oxygen atoms in total. The Labute approximate surface area is 301 Å². The largest absolute Gasteiger partial charge is 0.308 e. The van der Waals surface area contributed by atoms with Crippen LogP contribution in [-0.2, 0) is 0 Å². The zero-order valence-electron chi connectivity index (χ0n) is 28.3. The maximum Gasteiger partial charge on any atom is 0.237 e. The van der Waals surface area contributed by atoms with E-state index in [-0.39, 0.29) is 0 Å². The molecular weight excluding hydrogens is 647 g/mol. The van der Waals surface area contributed by atoms with Crippen LogP contribution in [0.25, 0.3) is 115 Å². The maximum atomic E-state index is 5.67. The second-order valence-electron chi connectivity index (χ2n) is 14.2. The van der Waals surface area contributed by atoms with Gasteiger partial charge >= 0.3 is 0 Å². The Hall–Kier alpha value is -7.24. The Balaban J connectivity index is 1.30. The first kappa shape index (κ1) is 27.5.